The predicted molar refractivity (Wildman–Crippen MR) is 74.6 cm³/mol. The second kappa shape index (κ2) is 6.06. The maximum Gasteiger partial charge on any atom is 0.371 e. The Kier molecular flexibility index (Phi) is 4.20. The largest absolute Gasteiger partial charge is 0.475 e. The highest BCUT2D eigenvalue weighted by molar-refractivity contribution is 5.95. The number of benzene rings is 1. The number of hydrogen-bond acceptors (Lipinski definition) is 3. The molecule has 0 saturated heterocycles. The van der Waals surface area contributed by atoms with E-state index in [9.17, 15) is 9.59 Å². The Morgan fingerprint density at radius 1 is 1.20 bits per heavy atom. The van der Waals surface area contributed by atoms with Gasteiger partial charge in [-0.25, -0.2) is 4.79 Å². The van der Waals surface area contributed by atoms with E-state index in [1.165, 1.54) is 6.07 Å². The van der Waals surface area contributed by atoms with Crippen LogP contribution in [0.4, 0.5) is 5.69 Å². The number of rotatable bonds is 5. The average molecular weight is 273 g/mol. The van der Waals surface area contributed by atoms with Crippen molar-refractivity contribution in [3.8, 4) is 11.3 Å². The summed E-state index contributed by atoms with van der Waals surface area (Å²) in [5, 5.41) is 11.7. The Labute approximate surface area is 116 Å². The monoisotopic (exact) mass is 273 g/mol. The number of furan rings is 1. The molecule has 0 fully saturated rings. The zero-order valence-electron chi connectivity index (χ0n) is 11.1. The Hall–Kier alpha value is -2.56. The van der Waals surface area contributed by atoms with Crippen LogP contribution in [0.3, 0.4) is 0 Å². The molecule has 104 valence electrons. The summed E-state index contributed by atoms with van der Waals surface area (Å²) >= 11 is 0. The van der Waals surface area contributed by atoms with Gasteiger partial charge in [-0.2, -0.15) is 0 Å². The zero-order valence-corrected chi connectivity index (χ0v) is 11.1. The van der Waals surface area contributed by atoms with Gasteiger partial charge in [0.1, 0.15) is 5.76 Å². The molecule has 1 amide bonds. The molecule has 1 heterocycles. The van der Waals surface area contributed by atoms with Gasteiger partial charge in [-0.15, -0.1) is 0 Å². The number of anilines is 1. The number of carboxylic acids is 1. The fraction of sp³-hybridized carbons (Fsp3) is 0.200. The minimum absolute atomic E-state index is 0.0787. The quantitative estimate of drug-likeness (QED) is 0.875. The molecule has 0 aliphatic carbocycles. The van der Waals surface area contributed by atoms with Crippen LogP contribution in [-0.2, 0) is 4.79 Å². The molecular formula is C15H15NO4. The summed E-state index contributed by atoms with van der Waals surface area (Å²) in [5.41, 5.74) is 1.27. The number of nitrogens with one attached hydrogen (secondary N) is 1. The van der Waals surface area contributed by atoms with Gasteiger partial charge in [0.2, 0.25) is 11.7 Å². The number of hydrogen-bond donors (Lipinski definition) is 2. The molecule has 0 aliphatic heterocycles. The first kappa shape index (κ1) is 13.9. The molecule has 2 aromatic rings. The molecule has 5 heteroatoms. The van der Waals surface area contributed by atoms with Crippen LogP contribution in [0.2, 0.25) is 0 Å². The van der Waals surface area contributed by atoms with Crippen molar-refractivity contribution in [1.29, 1.82) is 0 Å². The van der Waals surface area contributed by atoms with Crippen LogP contribution in [-0.4, -0.2) is 17.0 Å². The van der Waals surface area contributed by atoms with Crippen molar-refractivity contribution in [2.75, 3.05) is 5.32 Å². The molecule has 20 heavy (non-hydrogen) atoms. The van der Waals surface area contributed by atoms with Crippen LogP contribution in [0.1, 0.15) is 30.3 Å². The lowest BCUT2D eigenvalue weighted by atomic mass is 10.1. The van der Waals surface area contributed by atoms with Gasteiger partial charge in [0.25, 0.3) is 0 Å². The number of amides is 1. The van der Waals surface area contributed by atoms with E-state index in [1.54, 1.807) is 30.3 Å². The molecular weight excluding hydrogens is 258 g/mol. The Bertz CT molecular complexity index is 630. The van der Waals surface area contributed by atoms with E-state index in [0.29, 0.717) is 23.4 Å². The van der Waals surface area contributed by atoms with Crippen LogP contribution in [0.5, 0.6) is 0 Å². The lowest BCUT2D eigenvalue weighted by molar-refractivity contribution is -0.116. The Balaban J connectivity index is 2.31. The fourth-order valence-electron chi connectivity index (χ4n) is 1.84. The van der Waals surface area contributed by atoms with Crippen molar-refractivity contribution < 1.29 is 19.1 Å². The Morgan fingerprint density at radius 2 is 1.95 bits per heavy atom. The molecule has 0 unspecified atom stereocenters. The minimum atomic E-state index is -1.12. The molecule has 0 atom stereocenters. The highest BCUT2D eigenvalue weighted by Crippen LogP contribution is 2.29. The maximum atomic E-state index is 11.7. The van der Waals surface area contributed by atoms with Gasteiger partial charge in [-0.05, 0) is 30.7 Å². The lowest BCUT2D eigenvalue weighted by Crippen LogP contribution is -2.11. The van der Waals surface area contributed by atoms with Gasteiger partial charge in [0, 0.05) is 12.0 Å². The highest BCUT2D eigenvalue weighted by Gasteiger charge is 2.14. The van der Waals surface area contributed by atoms with Gasteiger partial charge in [0.05, 0.1) is 5.69 Å². The van der Waals surface area contributed by atoms with Crippen LogP contribution >= 0.6 is 0 Å². The van der Waals surface area contributed by atoms with E-state index in [-0.39, 0.29) is 11.7 Å². The van der Waals surface area contributed by atoms with Crippen LogP contribution in [0.15, 0.2) is 40.8 Å². The van der Waals surface area contributed by atoms with Gasteiger partial charge >= 0.3 is 5.97 Å². The lowest BCUT2D eigenvalue weighted by Gasteiger charge is -2.08. The van der Waals surface area contributed by atoms with Gasteiger partial charge in [-0.3, -0.25) is 4.79 Å². The van der Waals surface area contributed by atoms with E-state index in [4.69, 9.17) is 9.52 Å². The van der Waals surface area contributed by atoms with Crippen LogP contribution in [0, 0.1) is 0 Å². The van der Waals surface area contributed by atoms with Crippen molar-refractivity contribution >= 4 is 17.6 Å². The third-order valence-electron chi connectivity index (χ3n) is 2.76. The summed E-state index contributed by atoms with van der Waals surface area (Å²) < 4.78 is 5.26. The number of aromatic carboxylic acids is 1. The smallest absolute Gasteiger partial charge is 0.371 e. The third-order valence-corrected chi connectivity index (χ3v) is 2.76. The molecule has 0 aliphatic rings. The molecule has 2 rings (SSSR count). The summed E-state index contributed by atoms with van der Waals surface area (Å²) in [4.78, 5) is 22.5. The first-order valence-electron chi connectivity index (χ1n) is 6.34. The molecule has 0 saturated carbocycles. The highest BCUT2D eigenvalue weighted by atomic mass is 16.4. The Morgan fingerprint density at radius 3 is 2.60 bits per heavy atom. The first-order valence-corrected chi connectivity index (χ1v) is 6.34. The molecule has 2 N–H and O–H groups in total. The summed E-state index contributed by atoms with van der Waals surface area (Å²) in [5.74, 6) is -0.918. The van der Waals surface area contributed by atoms with Crippen LogP contribution in [0.25, 0.3) is 11.3 Å². The normalized spacial score (nSPS) is 10.2. The number of para-hydroxylation sites is 1. The third kappa shape index (κ3) is 3.06. The minimum Gasteiger partial charge on any atom is -0.475 e. The summed E-state index contributed by atoms with van der Waals surface area (Å²) in [7, 11) is 0. The molecule has 0 spiro atoms. The maximum absolute atomic E-state index is 11.7. The predicted octanol–water partition coefficient (Wildman–Crippen LogP) is 3.38. The fourth-order valence-corrected chi connectivity index (χ4v) is 1.84. The van der Waals surface area contributed by atoms with Gasteiger partial charge in [0.15, 0.2) is 0 Å². The van der Waals surface area contributed by atoms with Crippen molar-refractivity contribution in [3.05, 3.63) is 42.2 Å². The van der Waals surface area contributed by atoms with Crippen molar-refractivity contribution in [2.24, 2.45) is 0 Å². The number of carbonyl (C=O) groups is 2. The summed E-state index contributed by atoms with van der Waals surface area (Å²) in [6.45, 7) is 1.93. The topological polar surface area (TPSA) is 79.5 Å². The number of carbonyl (C=O) groups excluding carboxylic acids is 1. The van der Waals surface area contributed by atoms with Crippen molar-refractivity contribution in [3.63, 3.8) is 0 Å². The van der Waals surface area contributed by atoms with E-state index < -0.39 is 5.97 Å². The second-order valence-electron chi connectivity index (χ2n) is 4.31. The summed E-state index contributed by atoms with van der Waals surface area (Å²) in [6, 6.07) is 10.1. The molecule has 0 radical (unpaired) electrons. The van der Waals surface area contributed by atoms with E-state index in [0.717, 1.165) is 6.42 Å². The first-order chi connectivity index (χ1) is 9.61. The van der Waals surface area contributed by atoms with Crippen LogP contribution < -0.4 is 5.32 Å². The standard InChI is InChI=1S/C15H15NO4/c1-2-5-14(17)16-11-7-4-3-6-10(11)12-8-9-13(20-12)15(18)19/h3-4,6-9H,2,5H2,1H3,(H,16,17)(H,18,19). The van der Waals surface area contributed by atoms with E-state index in [2.05, 4.69) is 5.32 Å². The van der Waals surface area contributed by atoms with E-state index >= 15 is 0 Å². The molecule has 1 aromatic carbocycles. The van der Waals surface area contributed by atoms with Crippen molar-refractivity contribution in [2.45, 2.75) is 19.8 Å². The van der Waals surface area contributed by atoms with Gasteiger partial charge < -0.3 is 14.8 Å². The molecule has 0 bridgehead atoms. The van der Waals surface area contributed by atoms with E-state index in [1.807, 2.05) is 6.92 Å². The molecule has 1 aromatic heterocycles. The van der Waals surface area contributed by atoms with Gasteiger partial charge in [-0.1, -0.05) is 19.1 Å². The SMILES string of the molecule is CCCC(=O)Nc1ccccc1-c1ccc(C(=O)O)o1. The summed E-state index contributed by atoms with van der Waals surface area (Å²) in [6.07, 6.45) is 1.20. The number of carboxylic acid groups (broad SMARTS) is 1. The second-order valence-corrected chi connectivity index (χ2v) is 4.31. The average Bonchev–Trinajstić information content (AvgIpc) is 2.89. The zero-order chi connectivity index (χ0) is 14.5. The molecule has 5 nitrogen and oxygen atoms in total. The van der Waals surface area contributed by atoms with Crippen molar-refractivity contribution in [1.82, 2.24) is 0 Å².